The summed E-state index contributed by atoms with van der Waals surface area (Å²) in [6, 6.07) is 0. The molecule has 0 saturated heterocycles. The first-order chi connectivity index (χ1) is 7.84. The Hall–Kier alpha value is -0.620. The number of halogens is 1. The van der Waals surface area contributed by atoms with Crippen LogP contribution in [0, 0.1) is 0 Å². The molecule has 0 N–H and O–H groups in total. The molecular formula is C10H16ClN3O2S. The van der Waals surface area contributed by atoms with E-state index in [-0.39, 0.29) is 10.6 Å². The molecule has 1 aromatic heterocycles. The topological polar surface area (TPSA) is 64.8 Å². The predicted octanol–water partition coefficient (Wildman–Crippen LogP) is 1.96. The quantitative estimate of drug-likeness (QED) is 0.775. The molecule has 0 spiro atoms. The first-order valence-electron chi connectivity index (χ1n) is 5.69. The molecule has 0 atom stereocenters. The highest BCUT2D eigenvalue weighted by atomic mass is 35.7. The minimum Gasteiger partial charge on any atom is -0.303 e. The van der Waals surface area contributed by atoms with Crippen molar-refractivity contribution in [2.75, 3.05) is 0 Å². The van der Waals surface area contributed by atoms with Crippen molar-refractivity contribution >= 4 is 19.7 Å². The van der Waals surface area contributed by atoms with Gasteiger partial charge in [0.1, 0.15) is 5.82 Å². The van der Waals surface area contributed by atoms with Gasteiger partial charge in [0.15, 0.2) is 0 Å². The highest BCUT2D eigenvalue weighted by Gasteiger charge is 2.35. The molecule has 1 aromatic rings. The summed E-state index contributed by atoms with van der Waals surface area (Å²) in [4.78, 5) is 0. The van der Waals surface area contributed by atoms with Gasteiger partial charge in [0, 0.05) is 23.1 Å². The first kappa shape index (κ1) is 12.8. The Morgan fingerprint density at radius 2 is 1.82 bits per heavy atom. The minimum absolute atomic E-state index is 0.0835. The van der Waals surface area contributed by atoms with E-state index in [9.17, 15) is 8.42 Å². The van der Waals surface area contributed by atoms with Gasteiger partial charge in [-0.05, 0) is 12.8 Å². The maximum Gasteiger partial charge on any atom is 0.296 e. The van der Waals surface area contributed by atoms with E-state index in [1.54, 1.807) is 7.05 Å². The van der Waals surface area contributed by atoms with E-state index < -0.39 is 9.05 Å². The summed E-state index contributed by atoms with van der Waals surface area (Å²) < 4.78 is 24.1. The third-order valence-electron chi connectivity index (χ3n) is 3.55. The molecule has 0 bridgehead atoms. The van der Waals surface area contributed by atoms with Gasteiger partial charge in [-0.15, -0.1) is 10.2 Å². The van der Waals surface area contributed by atoms with Gasteiger partial charge < -0.3 is 4.57 Å². The normalized spacial score (nSPS) is 20.4. The lowest BCUT2D eigenvalue weighted by atomic mass is 9.75. The van der Waals surface area contributed by atoms with Gasteiger partial charge in [0.05, 0.1) is 0 Å². The van der Waals surface area contributed by atoms with E-state index in [1.807, 2.05) is 0 Å². The molecule has 0 amide bonds. The maximum absolute atomic E-state index is 11.3. The smallest absolute Gasteiger partial charge is 0.296 e. The zero-order chi connectivity index (χ0) is 12.7. The summed E-state index contributed by atoms with van der Waals surface area (Å²) in [5.74, 6) is 0.719. The van der Waals surface area contributed by atoms with Crippen molar-refractivity contribution in [2.24, 2.45) is 7.05 Å². The Labute approximate surface area is 106 Å². The number of hydrogen-bond donors (Lipinski definition) is 0. The molecule has 7 heteroatoms. The van der Waals surface area contributed by atoms with Gasteiger partial charge in [0.2, 0.25) is 0 Å². The summed E-state index contributed by atoms with van der Waals surface area (Å²) in [6.45, 7) is 2.11. The van der Waals surface area contributed by atoms with Crippen LogP contribution in [0.15, 0.2) is 5.16 Å². The molecule has 1 aliphatic rings. The van der Waals surface area contributed by atoms with Gasteiger partial charge in [-0.3, -0.25) is 0 Å². The largest absolute Gasteiger partial charge is 0.303 e. The molecule has 5 nitrogen and oxygen atoms in total. The molecule has 0 unspecified atom stereocenters. The molecule has 0 aliphatic heterocycles. The SMILES string of the molecule is Cn1c(C2(C)CCCCC2)nnc1S(=O)(=O)Cl. The molecule has 96 valence electrons. The Morgan fingerprint density at radius 1 is 1.24 bits per heavy atom. The van der Waals surface area contributed by atoms with Crippen LogP contribution < -0.4 is 0 Å². The second-order valence-corrected chi connectivity index (χ2v) is 7.38. The van der Waals surface area contributed by atoms with E-state index in [0.717, 1.165) is 31.5 Å². The minimum atomic E-state index is -3.82. The van der Waals surface area contributed by atoms with Crippen LogP contribution in [-0.4, -0.2) is 23.2 Å². The van der Waals surface area contributed by atoms with E-state index in [4.69, 9.17) is 10.7 Å². The lowest BCUT2D eigenvalue weighted by Crippen LogP contribution is -2.29. The first-order valence-corrected chi connectivity index (χ1v) is 8.00. The van der Waals surface area contributed by atoms with Crippen molar-refractivity contribution < 1.29 is 8.42 Å². The number of rotatable bonds is 2. The fourth-order valence-corrected chi connectivity index (χ4v) is 3.56. The van der Waals surface area contributed by atoms with Crippen LogP contribution in [0.1, 0.15) is 44.9 Å². The van der Waals surface area contributed by atoms with E-state index >= 15 is 0 Å². The van der Waals surface area contributed by atoms with E-state index in [2.05, 4.69) is 17.1 Å². The van der Waals surface area contributed by atoms with Gasteiger partial charge in [-0.2, -0.15) is 0 Å². The summed E-state index contributed by atoms with van der Waals surface area (Å²) in [6.07, 6.45) is 5.55. The summed E-state index contributed by atoms with van der Waals surface area (Å²) in [5.41, 5.74) is -0.0835. The summed E-state index contributed by atoms with van der Waals surface area (Å²) in [5, 5.41) is 7.56. The van der Waals surface area contributed by atoms with Crippen molar-refractivity contribution in [3.8, 4) is 0 Å². The molecule has 1 fully saturated rings. The Balaban J connectivity index is 2.44. The average molecular weight is 278 g/mol. The number of nitrogens with zero attached hydrogens (tertiary/aromatic N) is 3. The van der Waals surface area contributed by atoms with Crippen molar-refractivity contribution in [2.45, 2.75) is 49.6 Å². The molecule has 17 heavy (non-hydrogen) atoms. The number of aromatic nitrogens is 3. The van der Waals surface area contributed by atoms with Crippen LogP contribution in [0.3, 0.4) is 0 Å². The molecular weight excluding hydrogens is 262 g/mol. The maximum atomic E-state index is 11.3. The average Bonchev–Trinajstić information content (AvgIpc) is 2.61. The fraction of sp³-hybridized carbons (Fsp3) is 0.800. The monoisotopic (exact) mass is 277 g/mol. The van der Waals surface area contributed by atoms with Crippen LogP contribution in [0.2, 0.25) is 0 Å². The van der Waals surface area contributed by atoms with Gasteiger partial charge in [-0.1, -0.05) is 26.2 Å². The second-order valence-electron chi connectivity index (χ2n) is 4.92. The van der Waals surface area contributed by atoms with E-state index in [0.29, 0.717) is 0 Å². The predicted molar refractivity (Wildman–Crippen MR) is 64.5 cm³/mol. The van der Waals surface area contributed by atoms with Crippen LogP contribution in [-0.2, 0) is 21.5 Å². The third-order valence-corrected chi connectivity index (χ3v) is 4.76. The van der Waals surface area contributed by atoms with Gasteiger partial charge >= 0.3 is 0 Å². The lowest BCUT2D eigenvalue weighted by molar-refractivity contribution is 0.295. The van der Waals surface area contributed by atoms with Gasteiger partial charge in [0.25, 0.3) is 14.2 Å². The van der Waals surface area contributed by atoms with Crippen LogP contribution in [0.5, 0.6) is 0 Å². The Morgan fingerprint density at radius 3 is 2.29 bits per heavy atom. The third kappa shape index (κ3) is 2.33. The zero-order valence-electron chi connectivity index (χ0n) is 9.98. The molecule has 2 rings (SSSR count). The summed E-state index contributed by atoms with van der Waals surface area (Å²) in [7, 11) is 3.15. The van der Waals surface area contributed by atoms with Crippen molar-refractivity contribution in [3.05, 3.63) is 5.82 Å². The van der Waals surface area contributed by atoms with Crippen LogP contribution >= 0.6 is 10.7 Å². The molecule has 1 aliphatic carbocycles. The molecule has 1 saturated carbocycles. The summed E-state index contributed by atoms with van der Waals surface area (Å²) >= 11 is 0. The van der Waals surface area contributed by atoms with Crippen LogP contribution in [0.25, 0.3) is 0 Å². The Bertz CT molecular complexity index is 518. The number of hydrogen-bond acceptors (Lipinski definition) is 4. The Kier molecular flexibility index (Phi) is 3.20. The van der Waals surface area contributed by atoms with Crippen LogP contribution in [0.4, 0.5) is 0 Å². The molecule has 0 radical (unpaired) electrons. The highest BCUT2D eigenvalue weighted by molar-refractivity contribution is 8.13. The lowest BCUT2D eigenvalue weighted by Gasteiger charge is -2.32. The van der Waals surface area contributed by atoms with E-state index in [1.165, 1.54) is 11.0 Å². The molecule has 0 aromatic carbocycles. The highest BCUT2D eigenvalue weighted by Crippen LogP contribution is 2.38. The van der Waals surface area contributed by atoms with Crippen molar-refractivity contribution in [3.63, 3.8) is 0 Å². The van der Waals surface area contributed by atoms with Crippen molar-refractivity contribution in [1.29, 1.82) is 0 Å². The van der Waals surface area contributed by atoms with Gasteiger partial charge in [-0.25, -0.2) is 8.42 Å². The second kappa shape index (κ2) is 4.24. The molecule has 1 heterocycles. The standard InChI is InChI=1S/C10H16ClN3O2S/c1-10(6-4-3-5-7-10)8-12-13-9(14(8)2)17(11,15)16/h3-7H2,1-2H3. The van der Waals surface area contributed by atoms with Crippen molar-refractivity contribution in [1.82, 2.24) is 14.8 Å². The fourth-order valence-electron chi connectivity index (χ4n) is 2.61. The zero-order valence-corrected chi connectivity index (χ0v) is 11.6.